The van der Waals surface area contributed by atoms with E-state index < -0.39 is 0 Å². The topological polar surface area (TPSA) is 71.0 Å². The second-order valence-electron chi connectivity index (χ2n) is 7.21. The molecule has 1 fully saturated rings. The van der Waals surface area contributed by atoms with Gasteiger partial charge in [0.25, 0.3) is 0 Å². The number of hydrogen-bond donors (Lipinski definition) is 1. The number of rotatable bonds is 5. The fourth-order valence-electron chi connectivity index (χ4n) is 3.39. The Labute approximate surface area is 147 Å². The molecule has 6 nitrogen and oxygen atoms in total. The minimum absolute atomic E-state index is 0.0109. The fourth-order valence-corrected chi connectivity index (χ4v) is 3.39. The number of amides is 1. The zero-order chi connectivity index (χ0) is 17.8. The second kappa shape index (κ2) is 7.68. The van der Waals surface area contributed by atoms with Crippen LogP contribution in [0, 0.1) is 5.92 Å². The van der Waals surface area contributed by atoms with Gasteiger partial charge in [-0.3, -0.25) is 9.36 Å². The average Bonchev–Trinajstić information content (AvgIpc) is 3.01. The molecular weight excluding hydrogens is 316 g/mol. The number of likely N-dealkylation sites (tertiary alicyclic amines) is 1. The molecule has 0 saturated carbocycles. The van der Waals surface area contributed by atoms with Gasteiger partial charge in [-0.2, -0.15) is 5.10 Å². The summed E-state index contributed by atoms with van der Waals surface area (Å²) in [4.78, 5) is 25.6. The Bertz CT molecular complexity index is 752. The van der Waals surface area contributed by atoms with Gasteiger partial charge in [0.15, 0.2) is 0 Å². The fraction of sp³-hybridized carbons (Fsp3) is 0.526. The van der Waals surface area contributed by atoms with Gasteiger partial charge in [-0.05, 0) is 42.2 Å². The van der Waals surface area contributed by atoms with Crippen LogP contribution in [0.15, 0.2) is 35.4 Å². The molecule has 1 saturated heterocycles. The Kier molecular flexibility index (Phi) is 5.36. The van der Waals surface area contributed by atoms with Crippen LogP contribution in [-0.2, 0) is 17.8 Å². The van der Waals surface area contributed by atoms with Crippen LogP contribution in [0.4, 0.5) is 0 Å². The molecule has 1 aliphatic rings. The predicted octanol–water partition coefficient (Wildman–Crippen LogP) is 2.18. The number of H-pyrrole nitrogens is 1. The van der Waals surface area contributed by atoms with E-state index in [9.17, 15) is 9.59 Å². The molecule has 0 bridgehead atoms. The van der Waals surface area contributed by atoms with Gasteiger partial charge in [0.2, 0.25) is 5.91 Å². The van der Waals surface area contributed by atoms with Crippen molar-refractivity contribution in [2.45, 2.75) is 45.6 Å². The lowest BCUT2D eigenvalue weighted by molar-refractivity contribution is -0.133. The Morgan fingerprint density at radius 3 is 2.48 bits per heavy atom. The summed E-state index contributed by atoms with van der Waals surface area (Å²) in [5.41, 5.74) is 2.41. The van der Waals surface area contributed by atoms with Gasteiger partial charge >= 0.3 is 5.69 Å². The maximum absolute atomic E-state index is 12.3. The molecule has 2 heterocycles. The molecular formula is C19H26N4O2. The molecule has 0 unspecified atom stereocenters. The zero-order valence-corrected chi connectivity index (χ0v) is 14.9. The molecule has 0 radical (unpaired) electrons. The molecule has 3 rings (SSSR count). The van der Waals surface area contributed by atoms with Gasteiger partial charge in [-0.25, -0.2) is 9.89 Å². The van der Waals surface area contributed by atoms with E-state index >= 15 is 0 Å². The lowest BCUT2D eigenvalue weighted by Gasteiger charge is -2.32. The molecule has 134 valence electrons. The van der Waals surface area contributed by atoms with Crippen molar-refractivity contribution >= 4 is 5.91 Å². The number of aromatic amines is 1. The summed E-state index contributed by atoms with van der Waals surface area (Å²) < 4.78 is 1.31. The Morgan fingerprint density at radius 2 is 1.92 bits per heavy atom. The molecule has 1 amide bonds. The first-order valence-electron chi connectivity index (χ1n) is 8.99. The van der Waals surface area contributed by atoms with Gasteiger partial charge in [-0.1, -0.05) is 38.1 Å². The Hall–Kier alpha value is -2.37. The van der Waals surface area contributed by atoms with Crippen LogP contribution in [-0.4, -0.2) is 38.7 Å². The quantitative estimate of drug-likeness (QED) is 0.905. The van der Waals surface area contributed by atoms with Crippen molar-refractivity contribution in [3.63, 3.8) is 0 Å². The zero-order valence-electron chi connectivity index (χ0n) is 14.9. The minimum atomic E-state index is -0.340. The van der Waals surface area contributed by atoms with E-state index in [1.54, 1.807) is 0 Å². The summed E-state index contributed by atoms with van der Waals surface area (Å²) >= 11 is 0. The Morgan fingerprint density at radius 1 is 1.24 bits per heavy atom. The number of nitrogens with one attached hydrogen (secondary N) is 1. The van der Waals surface area contributed by atoms with Crippen LogP contribution in [0.3, 0.4) is 0 Å². The van der Waals surface area contributed by atoms with Crippen LogP contribution in [0.25, 0.3) is 0 Å². The number of hydrogen-bond acceptors (Lipinski definition) is 3. The molecule has 1 aromatic carbocycles. The van der Waals surface area contributed by atoms with Crippen LogP contribution in [0.5, 0.6) is 0 Å². The van der Waals surface area contributed by atoms with E-state index in [2.05, 4.69) is 48.3 Å². The van der Waals surface area contributed by atoms with Crippen LogP contribution in [0.1, 0.15) is 43.7 Å². The van der Waals surface area contributed by atoms with Crippen molar-refractivity contribution in [1.82, 2.24) is 19.7 Å². The van der Waals surface area contributed by atoms with Gasteiger partial charge in [0, 0.05) is 13.1 Å². The van der Waals surface area contributed by atoms with Crippen molar-refractivity contribution in [3.8, 4) is 0 Å². The predicted molar refractivity (Wildman–Crippen MR) is 96.4 cm³/mol. The average molecular weight is 342 g/mol. The van der Waals surface area contributed by atoms with E-state index in [4.69, 9.17) is 0 Å². The molecule has 1 aromatic heterocycles. The minimum Gasteiger partial charge on any atom is -0.341 e. The van der Waals surface area contributed by atoms with Gasteiger partial charge in [0.1, 0.15) is 12.9 Å². The summed E-state index contributed by atoms with van der Waals surface area (Å²) in [6.07, 6.45) is 4.46. The van der Waals surface area contributed by atoms with Gasteiger partial charge in [-0.15, -0.1) is 0 Å². The number of carbonyl (C=O) groups is 1. The number of carbonyl (C=O) groups excluding carboxylic acids is 1. The molecule has 25 heavy (non-hydrogen) atoms. The largest absolute Gasteiger partial charge is 0.343 e. The summed E-state index contributed by atoms with van der Waals surface area (Å²) in [5, 5.41) is 5.96. The normalized spacial score (nSPS) is 15.7. The highest BCUT2D eigenvalue weighted by atomic mass is 16.2. The third-order valence-corrected chi connectivity index (χ3v) is 5.06. The monoisotopic (exact) mass is 342 g/mol. The maximum Gasteiger partial charge on any atom is 0.343 e. The molecule has 6 heteroatoms. The van der Waals surface area contributed by atoms with E-state index in [0.29, 0.717) is 11.8 Å². The molecule has 1 aliphatic heterocycles. The van der Waals surface area contributed by atoms with Gasteiger partial charge < -0.3 is 4.90 Å². The first-order chi connectivity index (χ1) is 12.0. The number of benzene rings is 1. The number of aromatic nitrogens is 3. The maximum atomic E-state index is 12.3. The summed E-state index contributed by atoms with van der Waals surface area (Å²) in [7, 11) is 0. The highest BCUT2D eigenvalue weighted by Crippen LogP contribution is 2.23. The van der Waals surface area contributed by atoms with Crippen LogP contribution >= 0.6 is 0 Å². The first kappa shape index (κ1) is 17.5. The lowest BCUT2D eigenvalue weighted by Crippen LogP contribution is -2.41. The highest BCUT2D eigenvalue weighted by Gasteiger charge is 2.23. The number of nitrogens with zero attached hydrogens (tertiary/aromatic N) is 3. The SMILES string of the molecule is CC(C)c1ccc(CC2CCN(C(=O)Cn3cn[nH]c3=O)CC2)cc1. The third kappa shape index (κ3) is 4.38. The van der Waals surface area contributed by atoms with E-state index in [0.717, 1.165) is 32.4 Å². The molecule has 0 atom stereocenters. The van der Waals surface area contributed by atoms with Gasteiger partial charge in [0.05, 0.1) is 0 Å². The summed E-state index contributed by atoms with van der Waals surface area (Å²) in [6.45, 7) is 6.01. The van der Waals surface area contributed by atoms with Crippen molar-refractivity contribution in [2.75, 3.05) is 13.1 Å². The van der Waals surface area contributed by atoms with Crippen LogP contribution < -0.4 is 5.69 Å². The van der Waals surface area contributed by atoms with Crippen molar-refractivity contribution < 1.29 is 4.79 Å². The standard InChI is InChI=1S/C19H26N4O2/c1-14(2)17-5-3-15(4-6-17)11-16-7-9-22(10-8-16)18(24)12-23-13-20-21-19(23)25/h3-6,13-14,16H,7-12H2,1-2H3,(H,21,25). The highest BCUT2D eigenvalue weighted by molar-refractivity contribution is 5.76. The molecule has 2 aromatic rings. The third-order valence-electron chi connectivity index (χ3n) is 5.06. The summed E-state index contributed by atoms with van der Waals surface area (Å²) in [5.74, 6) is 1.17. The van der Waals surface area contributed by atoms with E-state index in [1.165, 1.54) is 22.0 Å². The van der Waals surface area contributed by atoms with Crippen molar-refractivity contribution in [1.29, 1.82) is 0 Å². The molecule has 0 aliphatic carbocycles. The van der Waals surface area contributed by atoms with Crippen molar-refractivity contribution in [2.24, 2.45) is 5.92 Å². The first-order valence-corrected chi connectivity index (χ1v) is 8.99. The second-order valence-corrected chi connectivity index (χ2v) is 7.21. The van der Waals surface area contributed by atoms with E-state index in [-0.39, 0.29) is 18.1 Å². The summed E-state index contributed by atoms with van der Waals surface area (Å²) in [6, 6.07) is 8.92. The molecule has 1 N–H and O–H groups in total. The molecule has 0 spiro atoms. The van der Waals surface area contributed by atoms with Crippen molar-refractivity contribution in [3.05, 3.63) is 52.2 Å². The van der Waals surface area contributed by atoms with Crippen LogP contribution in [0.2, 0.25) is 0 Å². The smallest absolute Gasteiger partial charge is 0.341 e. The Balaban J connectivity index is 1.49. The lowest BCUT2D eigenvalue weighted by atomic mass is 9.89. The van der Waals surface area contributed by atoms with E-state index in [1.807, 2.05) is 4.90 Å². The number of piperidine rings is 1.